The summed E-state index contributed by atoms with van der Waals surface area (Å²) < 4.78 is 37.1. The Kier molecular flexibility index (Phi) is 7.33. The maximum Gasteiger partial charge on any atom is 0.323 e. The van der Waals surface area contributed by atoms with Gasteiger partial charge in [0.2, 0.25) is 16.0 Å². The van der Waals surface area contributed by atoms with E-state index >= 15 is 0 Å². The Bertz CT molecular complexity index is 966. The van der Waals surface area contributed by atoms with E-state index in [1.54, 1.807) is 31.5 Å². The minimum atomic E-state index is -3.89. The first kappa shape index (κ1) is 22.1. The lowest BCUT2D eigenvalue weighted by atomic mass is 10.1. The van der Waals surface area contributed by atoms with Gasteiger partial charge in [-0.3, -0.25) is 9.52 Å². The van der Waals surface area contributed by atoms with Crippen molar-refractivity contribution in [1.82, 2.24) is 9.97 Å². The van der Waals surface area contributed by atoms with Gasteiger partial charge in [-0.05, 0) is 31.2 Å². The van der Waals surface area contributed by atoms with Crippen LogP contribution in [0.1, 0.15) is 19.8 Å². The van der Waals surface area contributed by atoms with Crippen molar-refractivity contribution in [1.29, 1.82) is 0 Å². The summed E-state index contributed by atoms with van der Waals surface area (Å²) in [4.78, 5) is 22.0. The molecule has 0 radical (unpaired) electrons. The van der Waals surface area contributed by atoms with Gasteiger partial charge in [-0.1, -0.05) is 11.6 Å². The molecule has 30 heavy (non-hydrogen) atoms. The zero-order valence-corrected chi connectivity index (χ0v) is 18.0. The van der Waals surface area contributed by atoms with Gasteiger partial charge in [-0.25, -0.2) is 18.4 Å². The van der Waals surface area contributed by atoms with Crippen LogP contribution in [0.15, 0.2) is 36.7 Å². The molecule has 2 aromatic rings. The lowest BCUT2D eigenvalue weighted by Crippen LogP contribution is -2.39. The molecule has 1 aromatic carbocycles. The molecule has 0 atom stereocenters. The predicted molar refractivity (Wildman–Crippen MR) is 113 cm³/mol. The largest absolute Gasteiger partial charge is 0.489 e. The highest BCUT2D eigenvalue weighted by Gasteiger charge is 2.23. The number of hydrogen-bond acceptors (Lipinski definition) is 8. The van der Waals surface area contributed by atoms with Crippen molar-refractivity contribution < 1.29 is 22.7 Å². The molecule has 11 heteroatoms. The van der Waals surface area contributed by atoms with Crippen molar-refractivity contribution in [2.24, 2.45) is 0 Å². The summed E-state index contributed by atoms with van der Waals surface area (Å²) in [6.07, 6.45) is 4.97. The SMILES string of the molecule is CCOC(=O)CS(=O)(=O)Nc1ccc(OC2CCN(c3ncccn3)CC2)c(Cl)c1. The van der Waals surface area contributed by atoms with Crippen molar-refractivity contribution in [2.45, 2.75) is 25.9 Å². The highest BCUT2D eigenvalue weighted by Crippen LogP contribution is 2.30. The molecule has 3 rings (SSSR count). The zero-order chi connectivity index (χ0) is 21.6. The van der Waals surface area contributed by atoms with Crippen molar-refractivity contribution in [3.63, 3.8) is 0 Å². The Morgan fingerprint density at radius 3 is 2.60 bits per heavy atom. The van der Waals surface area contributed by atoms with Crippen LogP contribution in [0.2, 0.25) is 5.02 Å². The minimum absolute atomic E-state index is 0.0196. The van der Waals surface area contributed by atoms with E-state index < -0.39 is 21.7 Å². The van der Waals surface area contributed by atoms with E-state index in [4.69, 9.17) is 16.3 Å². The van der Waals surface area contributed by atoms with E-state index in [-0.39, 0.29) is 23.4 Å². The van der Waals surface area contributed by atoms with E-state index in [1.807, 2.05) is 0 Å². The van der Waals surface area contributed by atoms with Crippen LogP contribution in [-0.2, 0) is 19.6 Å². The molecule has 0 aliphatic carbocycles. The molecule has 0 unspecified atom stereocenters. The zero-order valence-electron chi connectivity index (χ0n) is 16.5. The van der Waals surface area contributed by atoms with Crippen LogP contribution in [0.5, 0.6) is 5.75 Å². The summed E-state index contributed by atoms with van der Waals surface area (Å²) in [5.74, 6) is -0.406. The highest BCUT2D eigenvalue weighted by molar-refractivity contribution is 7.93. The maximum absolute atomic E-state index is 12.0. The number of nitrogens with zero attached hydrogens (tertiary/aromatic N) is 3. The molecule has 1 saturated heterocycles. The van der Waals surface area contributed by atoms with Crippen molar-refractivity contribution >= 4 is 39.2 Å². The third kappa shape index (κ3) is 6.20. The molecule has 1 fully saturated rings. The van der Waals surface area contributed by atoms with E-state index in [9.17, 15) is 13.2 Å². The van der Waals surface area contributed by atoms with Gasteiger partial charge in [-0.2, -0.15) is 0 Å². The Balaban J connectivity index is 1.55. The molecule has 1 aliphatic rings. The number of nitrogens with one attached hydrogen (secondary N) is 1. The smallest absolute Gasteiger partial charge is 0.323 e. The van der Waals surface area contributed by atoms with Gasteiger partial charge >= 0.3 is 5.97 Å². The van der Waals surface area contributed by atoms with E-state index in [2.05, 4.69) is 24.3 Å². The number of hydrogen-bond donors (Lipinski definition) is 1. The molecule has 0 saturated carbocycles. The van der Waals surface area contributed by atoms with Crippen LogP contribution in [0.25, 0.3) is 0 Å². The number of halogens is 1. The Morgan fingerprint density at radius 1 is 1.27 bits per heavy atom. The molecule has 162 valence electrons. The molecular formula is C19H23ClN4O5S. The number of benzene rings is 1. The predicted octanol–water partition coefficient (Wildman–Crippen LogP) is 2.48. The first-order valence-corrected chi connectivity index (χ1v) is 11.5. The van der Waals surface area contributed by atoms with E-state index in [0.29, 0.717) is 11.7 Å². The number of piperidine rings is 1. The van der Waals surface area contributed by atoms with Crippen LogP contribution in [-0.4, -0.2) is 55.9 Å². The fourth-order valence-electron chi connectivity index (χ4n) is 3.04. The fourth-order valence-corrected chi connectivity index (χ4v) is 4.22. The van der Waals surface area contributed by atoms with Crippen molar-refractivity contribution in [3.8, 4) is 5.75 Å². The van der Waals surface area contributed by atoms with Crippen LogP contribution >= 0.6 is 11.6 Å². The fraction of sp³-hybridized carbons (Fsp3) is 0.421. The summed E-state index contributed by atoms with van der Waals surface area (Å²) in [7, 11) is -3.89. The van der Waals surface area contributed by atoms with Crippen molar-refractivity contribution in [2.75, 3.05) is 35.1 Å². The average Bonchev–Trinajstić information content (AvgIpc) is 2.71. The Hall–Kier alpha value is -2.59. The molecule has 0 bridgehead atoms. The summed E-state index contributed by atoms with van der Waals surface area (Å²) in [6, 6.07) is 6.38. The molecule has 1 aliphatic heterocycles. The van der Waals surface area contributed by atoms with Crippen LogP contribution in [0, 0.1) is 0 Å². The van der Waals surface area contributed by atoms with Crippen molar-refractivity contribution in [3.05, 3.63) is 41.7 Å². The summed E-state index contributed by atoms with van der Waals surface area (Å²) >= 11 is 6.28. The lowest BCUT2D eigenvalue weighted by Gasteiger charge is -2.32. The first-order valence-electron chi connectivity index (χ1n) is 9.50. The molecule has 0 amide bonds. The van der Waals surface area contributed by atoms with Gasteiger partial charge in [-0.15, -0.1) is 0 Å². The van der Waals surface area contributed by atoms with Crippen LogP contribution < -0.4 is 14.4 Å². The number of rotatable bonds is 8. The molecule has 9 nitrogen and oxygen atoms in total. The number of aromatic nitrogens is 2. The van der Waals surface area contributed by atoms with Gasteiger partial charge in [0, 0.05) is 38.3 Å². The van der Waals surface area contributed by atoms with Gasteiger partial charge in [0.1, 0.15) is 11.9 Å². The monoisotopic (exact) mass is 454 g/mol. The number of carbonyl (C=O) groups is 1. The van der Waals surface area contributed by atoms with E-state index in [0.717, 1.165) is 25.9 Å². The second-order valence-electron chi connectivity index (χ2n) is 6.66. The second kappa shape index (κ2) is 9.94. The van der Waals surface area contributed by atoms with Crippen LogP contribution in [0.3, 0.4) is 0 Å². The quantitative estimate of drug-likeness (QED) is 0.605. The second-order valence-corrected chi connectivity index (χ2v) is 8.79. The first-order chi connectivity index (χ1) is 14.4. The maximum atomic E-state index is 12.0. The summed E-state index contributed by atoms with van der Waals surface area (Å²) in [6.45, 7) is 3.25. The Labute approximate surface area is 180 Å². The number of ether oxygens (including phenoxy) is 2. The van der Waals surface area contributed by atoms with Gasteiger partial charge in [0.25, 0.3) is 0 Å². The third-order valence-corrected chi connectivity index (χ3v) is 5.85. The van der Waals surface area contributed by atoms with Crippen LogP contribution in [0.4, 0.5) is 11.6 Å². The van der Waals surface area contributed by atoms with E-state index in [1.165, 1.54) is 12.1 Å². The number of carbonyl (C=O) groups excluding carboxylic acids is 1. The average molecular weight is 455 g/mol. The molecule has 0 spiro atoms. The van der Waals surface area contributed by atoms with Gasteiger partial charge in [0.15, 0.2) is 5.75 Å². The minimum Gasteiger partial charge on any atom is -0.489 e. The molecular weight excluding hydrogens is 432 g/mol. The molecule has 2 heterocycles. The topological polar surface area (TPSA) is 111 Å². The Morgan fingerprint density at radius 2 is 1.97 bits per heavy atom. The normalized spacial score (nSPS) is 14.9. The summed E-state index contributed by atoms with van der Waals surface area (Å²) in [5.41, 5.74) is 0.243. The molecule has 1 N–H and O–H groups in total. The highest BCUT2D eigenvalue weighted by atomic mass is 35.5. The lowest BCUT2D eigenvalue weighted by molar-refractivity contribution is -0.139. The third-order valence-electron chi connectivity index (χ3n) is 4.39. The molecule has 1 aromatic heterocycles. The standard InChI is InChI=1S/C19H23ClN4O5S/c1-2-28-18(25)13-30(26,27)23-14-4-5-17(16(20)12-14)29-15-6-10-24(11-7-15)19-21-8-3-9-22-19/h3-5,8-9,12,15,23H,2,6-7,10-11,13H2,1H3. The number of sulfonamides is 1. The van der Waals surface area contributed by atoms with Gasteiger partial charge in [0.05, 0.1) is 17.3 Å². The number of esters is 1. The van der Waals surface area contributed by atoms with Gasteiger partial charge < -0.3 is 14.4 Å². The summed E-state index contributed by atoms with van der Waals surface area (Å²) in [5, 5.41) is 0.278. The number of anilines is 2.